The highest BCUT2D eigenvalue weighted by Gasteiger charge is 2.25. The van der Waals surface area contributed by atoms with Crippen molar-refractivity contribution in [1.29, 1.82) is 5.26 Å². The molecular weight excluding hydrogens is 797 g/mol. The number of rotatable bonds is 6. The summed E-state index contributed by atoms with van der Waals surface area (Å²) in [6.07, 6.45) is 0. The van der Waals surface area contributed by atoms with E-state index in [4.69, 9.17) is 19.4 Å². The third-order valence-electron chi connectivity index (χ3n) is 12.6. The molecule has 4 aromatic heterocycles. The Hall–Kier alpha value is -9.12. The molecule has 0 aliphatic carbocycles. The molecule has 0 aliphatic rings. The fraction of sp³-hybridized carbons (Fsp3) is 0. The van der Waals surface area contributed by atoms with Gasteiger partial charge in [-0.1, -0.05) is 146 Å². The summed E-state index contributed by atoms with van der Waals surface area (Å²) >= 11 is 0. The molecule has 13 rings (SSSR count). The standard InChI is InChI=1S/C58H34N6O/c59-35-36-26-32-50(64-48-23-10-7-18-41(48)43-31-33-51-53(54(43)64)45-20-8-11-24-49(45)63(51)40-16-5-2-6-17-40)47(34-36)58-61-56(39-29-27-38(28-30-39)37-14-3-1-4-15-37)60-57(62-58)46-22-13-21-44-42-19-9-12-25-52(42)65-55(44)46/h1-34H. The summed E-state index contributed by atoms with van der Waals surface area (Å²) in [6.45, 7) is 0. The average Bonchev–Trinajstić information content (AvgIpc) is 4.04. The van der Waals surface area contributed by atoms with E-state index in [1.807, 2.05) is 66.7 Å². The second-order valence-corrected chi connectivity index (χ2v) is 16.3. The van der Waals surface area contributed by atoms with Crippen molar-refractivity contribution >= 4 is 65.6 Å². The van der Waals surface area contributed by atoms with Crippen LogP contribution < -0.4 is 0 Å². The zero-order chi connectivity index (χ0) is 43.0. The van der Waals surface area contributed by atoms with Crippen molar-refractivity contribution < 1.29 is 4.42 Å². The molecule has 0 unspecified atom stereocenters. The molecule has 0 bridgehead atoms. The molecule has 65 heavy (non-hydrogen) atoms. The number of aromatic nitrogens is 5. The molecular formula is C58H34N6O. The highest BCUT2D eigenvalue weighted by molar-refractivity contribution is 6.26. The topological polar surface area (TPSA) is 85.5 Å². The molecule has 0 saturated carbocycles. The van der Waals surface area contributed by atoms with Crippen LogP contribution in [0.25, 0.3) is 122 Å². The molecule has 7 heteroatoms. The van der Waals surface area contributed by atoms with E-state index in [9.17, 15) is 5.26 Å². The van der Waals surface area contributed by atoms with Crippen LogP contribution in [0.3, 0.4) is 0 Å². The summed E-state index contributed by atoms with van der Waals surface area (Å²) in [5, 5.41) is 17.0. The van der Waals surface area contributed by atoms with Gasteiger partial charge >= 0.3 is 0 Å². The number of benzene rings is 9. The number of fused-ring (bicyclic) bond motifs is 10. The van der Waals surface area contributed by atoms with Crippen LogP contribution >= 0.6 is 0 Å². The Kier molecular flexibility index (Phi) is 8.14. The monoisotopic (exact) mass is 830 g/mol. The molecule has 9 aromatic carbocycles. The molecule has 4 heterocycles. The van der Waals surface area contributed by atoms with Crippen molar-refractivity contribution in [1.82, 2.24) is 24.1 Å². The maximum atomic E-state index is 10.5. The van der Waals surface area contributed by atoms with Gasteiger partial charge in [0.05, 0.1) is 45.0 Å². The van der Waals surface area contributed by atoms with E-state index in [2.05, 4.69) is 155 Å². The zero-order valence-corrected chi connectivity index (χ0v) is 34.7. The van der Waals surface area contributed by atoms with Gasteiger partial charge in [0.2, 0.25) is 0 Å². The highest BCUT2D eigenvalue weighted by Crippen LogP contribution is 2.44. The molecule has 302 valence electrons. The van der Waals surface area contributed by atoms with Gasteiger partial charge in [-0.3, -0.25) is 0 Å². The minimum Gasteiger partial charge on any atom is -0.455 e. The van der Waals surface area contributed by atoms with Gasteiger partial charge in [-0.25, -0.2) is 15.0 Å². The van der Waals surface area contributed by atoms with Gasteiger partial charge in [-0.2, -0.15) is 5.26 Å². The molecule has 13 aromatic rings. The Bertz CT molecular complexity index is 4060. The number of hydrogen-bond acceptors (Lipinski definition) is 5. The predicted molar refractivity (Wildman–Crippen MR) is 262 cm³/mol. The van der Waals surface area contributed by atoms with Crippen molar-refractivity contribution in [3.63, 3.8) is 0 Å². The van der Waals surface area contributed by atoms with E-state index in [-0.39, 0.29) is 0 Å². The molecule has 0 fully saturated rings. The highest BCUT2D eigenvalue weighted by atomic mass is 16.3. The van der Waals surface area contributed by atoms with Gasteiger partial charge in [-0.05, 0) is 71.8 Å². The average molecular weight is 831 g/mol. The van der Waals surface area contributed by atoms with E-state index in [1.165, 1.54) is 0 Å². The van der Waals surface area contributed by atoms with Gasteiger partial charge < -0.3 is 13.6 Å². The van der Waals surface area contributed by atoms with Crippen LogP contribution in [0.2, 0.25) is 0 Å². The molecule has 0 amide bonds. The second-order valence-electron chi connectivity index (χ2n) is 16.3. The van der Waals surface area contributed by atoms with Crippen molar-refractivity contribution in [3.8, 4) is 62.7 Å². The normalized spacial score (nSPS) is 11.7. The lowest BCUT2D eigenvalue weighted by Gasteiger charge is -2.16. The van der Waals surface area contributed by atoms with Gasteiger partial charge in [0, 0.05) is 49.1 Å². The number of para-hydroxylation sites is 5. The Morgan fingerprint density at radius 3 is 1.82 bits per heavy atom. The molecule has 0 saturated heterocycles. The lowest BCUT2D eigenvalue weighted by Crippen LogP contribution is -2.04. The minimum atomic E-state index is 0.433. The van der Waals surface area contributed by atoms with E-state index in [0.717, 1.165) is 93.6 Å². The van der Waals surface area contributed by atoms with Crippen LogP contribution in [0.5, 0.6) is 0 Å². The maximum Gasteiger partial charge on any atom is 0.167 e. The predicted octanol–water partition coefficient (Wildman–Crippen LogP) is 14.5. The summed E-state index contributed by atoms with van der Waals surface area (Å²) < 4.78 is 11.3. The second kappa shape index (κ2) is 14.5. The van der Waals surface area contributed by atoms with E-state index >= 15 is 0 Å². The zero-order valence-electron chi connectivity index (χ0n) is 34.7. The fourth-order valence-electron chi connectivity index (χ4n) is 9.71. The van der Waals surface area contributed by atoms with Gasteiger partial charge in [0.15, 0.2) is 17.5 Å². The first kappa shape index (κ1) is 36.5. The van der Waals surface area contributed by atoms with Gasteiger partial charge in [-0.15, -0.1) is 0 Å². The summed E-state index contributed by atoms with van der Waals surface area (Å²) in [5.41, 5.74) is 12.7. The summed E-state index contributed by atoms with van der Waals surface area (Å²) in [5.74, 6) is 1.40. The summed E-state index contributed by atoms with van der Waals surface area (Å²) in [6, 6.07) is 73.2. The maximum absolute atomic E-state index is 10.5. The quantitative estimate of drug-likeness (QED) is 0.167. The number of nitrogens with zero attached hydrogens (tertiary/aromatic N) is 6. The lowest BCUT2D eigenvalue weighted by molar-refractivity contribution is 0.669. The number of hydrogen-bond donors (Lipinski definition) is 0. The van der Waals surface area contributed by atoms with Gasteiger partial charge in [0.1, 0.15) is 11.2 Å². The summed E-state index contributed by atoms with van der Waals surface area (Å²) in [7, 11) is 0. The number of furan rings is 1. The Labute approximate surface area is 372 Å². The van der Waals surface area contributed by atoms with E-state index in [0.29, 0.717) is 34.2 Å². The van der Waals surface area contributed by atoms with Crippen LogP contribution in [-0.2, 0) is 0 Å². The van der Waals surface area contributed by atoms with Crippen molar-refractivity contribution in [3.05, 3.63) is 212 Å². The van der Waals surface area contributed by atoms with E-state index in [1.54, 1.807) is 0 Å². The molecule has 0 atom stereocenters. The largest absolute Gasteiger partial charge is 0.455 e. The van der Waals surface area contributed by atoms with Crippen LogP contribution in [0.4, 0.5) is 0 Å². The molecule has 0 aliphatic heterocycles. The molecule has 0 radical (unpaired) electrons. The third kappa shape index (κ3) is 5.71. The van der Waals surface area contributed by atoms with E-state index < -0.39 is 0 Å². The first-order valence-corrected chi connectivity index (χ1v) is 21.6. The fourth-order valence-corrected chi connectivity index (χ4v) is 9.71. The van der Waals surface area contributed by atoms with Crippen molar-refractivity contribution in [2.75, 3.05) is 0 Å². The Balaban J connectivity index is 1.11. The van der Waals surface area contributed by atoms with Crippen LogP contribution in [0, 0.1) is 11.3 Å². The Morgan fingerprint density at radius 2 is 1.03 bits per heavy atom. The first-order chi connectivity index (χ1) is 32.2. The minimum absolute atomic E-state index is 0.433. The van der Waals surface area contributed by atoms with Gasteiger partial charge in [0.25, 0.3) is 0 Å². The van der Waals surface area contributed by atoms with Crippen molar-refractivity contribution in [2.24, 2.45) is 0 Å². The smallest absolute Gasteiger partial charge is 0.167 e. The molecule has 7 nitrogen and oxygen atoms in total. The Morgan fingerprint density at radius 1 is 0.415 bits per heavy atom. The van der Waals surface area contributed by atoms with Crippen LogP contribution in [-0.4, -0.2) is 24.1 Å². The lowest BCUT2D eigenvalue weighted by atomic mass is 10.0. The molecule has 0 spiro atoms. The summed E-state index contributed by atoms with van der Waals surface area (Å²) in [4.78, 5) is 15.9. The first-order valence-electron chi connectivity index (χ1n) is 21.6. The SMILES string of the molecule is N#Cc1ccc(-n2c3ccccc3c3ccc4c(c5ccccc5n4-c4ccccc4)c32)c(-c2nc(-c3ccc(-c4ccccc4)cc3)nc(-c3cccc4c3oc3ccccc34)n2)c1. The number of nitriles is 1. The van der Waals surface area contributed by atoms with Crippen LogP contribution in [0.15, 0.2) is 211 Å². The molecule has 0 N–H and O–H groups in total. The van der Waals surface area contributed by atoms with Crippen molar-refractivity contribution in [2.45, 2.75) is 0 Å². The van der Waals surface area contributed by atoms with Crippen LogP contribution in [0.1, 0.15) is 5.56 Å². The third-order valence-corrected chi connectivity index (χ3v) is 12.6.